The normalized spacial score (nSPS) is 16.1. The molecule has 0 saturated heterocycles. The van der Waals surface area contributed by atoms with Gasteiger partial charge in [-0.3, -0.25) is 0 Å². The number of ether oxygens (including phenoxy) is 6. The van der Waals surface area contributed by atoms with Crippen molar-refractivity contribution in [3.8, 4) is 0 Å². The highest BCUT2D eigenvalue weighted by Gasteiger charge is 2.42. The van der Waals surface area contributed by atoms with Gasteiger partial charge >= 0.3 is 5.97 Å². The molecule has 2 unspecified atom stereocenters. The second kappa shape index (κ2) is 12.3. The summed E-state index contributed by atoms with van der Waals surface area (Å²) >= 11 is 0. The average molecular weight is 308 g/mol. The van der Waals surface area contributed by atoms with Crippen LogP contribution in [0.5, 0.6) is 0 Å². The second-order valence-corrected chi connectivity index (χ2v) is 4.24. The standard InChI is InChI=1S/C15H32O6/c1-7-13(17-8-2)15(16-6,20-11-5)21-12-14(18-9-3)19-10-4/h13-14H,7-12H2,1-6H3. The van der Waals surface area contributed by atoms with Crippen LogP contribution in [0.15, 0.2) is 0 Å². The van der Waals surface area contributed by atoms with E-state index in [1.54, 1.807) is 7.11 Å². The van der Waals surface area contributed by atoms with Crippen molar-refractivity contribution in [3.63, 3.8) is 0 Å². The van der Waals surface area contributed by atoms with Crippen LogP contribution < -0.4 is 0 Å². The number of rotatable bonds is 14. The fourth-order valence-electron chi connectivity index (χ4n) is 2.05. The largest absolute Gasteiger partial charge is 0.370 e. The molecule has 0 amide bonds. The zero-order valence-electron chi connectivity index (χ0n) is 14.3. The van der Waals surface area contributed by atoms with Crippen molar-refractivity contribution in [1.82, 2.24) is 0 Å². The molecule has 0 aromatic heterocycles. The quantitative estimate of drug-likeness (QED) is 0.460. The van der Waals surface area contributed by atoms with Crippen molar-refractivity contribution in [3.05, 3.63) is 0 Å². The Bertz CT molecular complexity index is 232. The third kappa shape index (κ3) is 7.04. The van der Waals surface area contributed by atoms with Gasteiger partial charge in [-0.1, -0.05) is 6.92 Å². The van der Waals surface area contributed by atoms with Crippen molar-refractivity contribution in [2.75, 3.05) is 40.1 Å². The van der Waals surface area contributed by atoms with Crippen molar-refractivity contribution in [2.24, 2.45) is 0 Å². The van der Waals surface area contributed by atoms with Crippen LogP contribution in [-0.2, 0) is 28.4 Å². The maximum Gasteiger partial charge on any atom is 0.310 e. The number of hydrogen-bond donors (Lipinski definition) is 0. The number of hydrogen-bond acceptors (Lipinski definition) is 6. The van der Waals surface area contributed by atoms with E-state index in [0.29, 0.717) is 32.8 Å². The Hall–Kier alpha value is -0.240. The second-order valence-electron chi connectivity index (χ2n) is 4.24. The minimum absolute atomic E-state index is 0.207. The van der Waals surface area contributed by atoms with Gasteiger partial charge < -0.3 is 28.4 Å². The highest BCUT2D eigenvalue weighted by molar-refractivity contribution is 4.71. The molecule has 6 heteroatoms. The zero-order valence-corrected chi connectivity index (χ0v) is 14.3. The Kier molecular flexibility index (Phi) is 12.2. The summed E-state index contributed by atoms with van der Waals surface area (Å²) in [5.41, 5.74) is 0. The van der Waals surface area contributed by atoms with Gasteiger partial charge in [0.2, 0.25) is 0 Å². The van der Waals surface area contributed by atoms with Crippen LogP contribution >= 0.6 is 0 Å². The molecule has 21 heavy (non-hydrogen) atoms. The molecule has 0 saturated carbocycles. The van der Waals surface area contributed by atoms with E-state index in [4.69, 9.17) is 28.4 Å². The Morgan fingerprint density at radius 3 is 1.71 bits per heavy atom. The third-order valence-electron chi connectivity index (χ3n) is 2.89. The van der Waals surface area contributed by atoms with Crippen LogP contribution in [0.1, 0.15) is 41.0 Å². The van der Waals surface area contributed by atoms with Gasteiger partial charge in [0, 0.05) is 33.5 Å². The van der Waals surface area contributed by atoms with E-state index < -0.39 is 12.3 Å². The first kappa shape index (κ1) is 20.8. The van der Waals surface area contributed by atoms with Crippen molar-refractivity contribution >= 4 is 0 Å². The van der Waals surface area contributed by atoms with Crippen molar-refractivity contribution in [2.45, 2.75) is 59.4 Å². The van der Waals surface area contributed by atoms with Gasteiger partial charge in [-0.25, -0.2) is 0 Å². The Balaban J connectivity index is 4.86. The summed E-state index contributed by atoms with van der Waals surface area (Å²) in [5, 5.41) is 0. The van der Waals surface area contributed by atoms with Crippen LogP contribution in [0, 0.1) is 0 Å². The lowest BCUT2D eigenvalue weighted by atomic mass is 10.2. The summed E-state index contributed by atoms with van der Waals surface area (Å²) < 4.78 is 33.7. The third-order valence-corrected chi connectivity index (χ3v) is 2.89. The molecule has 0 spiro atoms. The van der Waals surface area contributed by atoms with Crippen LogP contribution in [0.4, 0.5) is 0 Å². The molecule has 0 aliphatic carbocycles. The first-order chi connectivity index (χ1) is 10.1. The molecule has 128 valence electrons. The molecule has 0 rings (SSSR count). The molecule has 2 atom stereocenters. The summed E-state index contributed by atoms with van der Waals surface area (Å²) in [6.45, 7) is 11.9. The summed E-state index contributed by atoms with van der Waals surface area (Å²) in [7, 11) is 1.55. The molecule has 0 aliphatic heterocycles. The number of methoxy groups -OCH3 is 1. The lowest BCUT2D eigenvalue weighted by Gasteiger charge is -2.38. The summed E-state index contributed by atoms with van der Waals surface area (Å²) in [4.78, 5) is 0. The van der Waals surface area contributed by atoms with Gasteiger partial charge in [-0.15, -0.1) is 0 Å². The van der Waals surface area contributed by atoms with Crippen LogP contribution in [0.2, 0.25) is 0 Å². The smallest absolute Gasteiger partial charge is 0.310 e. The Morgan fingerprint density at radius 1 is 0.762 bits per heavy atom. The summed E-state index contributed by atoms with van der Waals surface area (Å²) in [6, 6.07) is 0. The Morgan fingerprint density at radius 2 is 1.33 bits per heavy atom. The first-order valence-electron chi connectivity index (χ1n) is 7.81. The molecule has 0 N–H and O–H groups in total. The molecular weight excluding hydrogens is 276 g/mol. The summed E-state index contributed by atoms with van der Waals surface area (Å²) in [6.07, 6.45) is -0.0687. The fourth-order valence-corrected chi connectivity index (χ4v) is 2.05. The van der Waals surface area contributed by atoms with E-state index >= 15 is 0 Å². The maximum absolute atomic E-state index is 5.87. The molecule has 0 heterocycles. The van der Waals surface area contributed by atoms with Gasteiger partial charge in [0.1, 0.15) is 12.7 Å². The van der Waals surface area contributed by atoms with Gasteiger partial charge in [-0.05, 0) is 34.1 Å². The molecule has 0 aromatic rings. The molecule has 0 aliphatic rings. The predicted molar refractivity (Wildman–Crippen MR) is 80.1 cm³/mol. The van der Waals surface area contributed by atoms with Crippen molar-refractivity contribution < 1.29 is 28.4 Å². The topological polar surface area (TPSA) is 55.4 Å². The van der Waals surface area contributed by atoms with Crippen LogP contribution in [0.3, 0.4) is 0 Å². The van der Waals surface area contributed by atoms with E-state index in [0.717, 1.165) is 0 Å². The van der Waals surface area contributed by atoms with Crippen LogP contribution in [0.25, 0.3) is 0 Å². The van der Waals surface area contributed by atoms with Gasteiger partial charge in [-0.2, -0.15) is 0 Å². The molecule has 0 fully saturated rings. The lowest BCUT2D eigenvalue weighted by Crippen LogP contribution is -2.51. The molecule has 0 bridgehead atoms. The molecule has 6 nitrogen and oxygen atoms in total. The Labute approximate surface area is 129 Å². The molecule has 0 aromatic carbocycles. The van der Waals surface area contributed by atoms with Crippen LogP contribution in [-0.4, -0.2) is 58.5 Å². The van der Waals surface area contributed by atoms with Gasteiger partial charge in [0.25, 0.3) is 0 Å². The summed E-state index contributed by atoms with van der Waals surface area (Å²) in [5.74, 6) is -1.24. The maximum atomic E-state index is 5.87. The van der Waals surface area contributed by atoms with E-state index in [1.165, 1.54) is 0 Å². The van der Waals surface area contributed by atoms with E-state index in [9.17, 15) is 0 Å². The van der Waals surface area contributed by atoms with E-state index in [2.05, 4.69) is 0 Å². The molecular formula is C15H32O6. The highest BCUT2D eigenvalue weighted by atomic mass is 16.9. The average Bonchev–Trinajstić information content (AvgIpc) is 2.49. The van der Waals surface area contributed by atoms with Crippen molar-refractivity contribution in [1.29, 1.82) is 0 Å². The predicted octanol–water partition coefficient (Wildman–Crippen LogP) is 2.55. The zero-order chi connectivity index (χ0) is 16.1. The van der Waals surface area contributed by atoms with Gasteiger partial charge in [0.05, 0.1) is 0 Å². The highest BCUT2D eigenvalue weighted by Crippen LogP contribution is 2.25. The van der Waals surface area contributed by atoms with Gasteiger partial charge in [0.15, 0.2) is 6.29 Å². The molecule has 0 radical (unpaired) electrons. The fraction of sp³-hybridized carbons (Fsp3) is 1.00. The first-order valence-corrected chi connectivity index (χ1v) is 7.81. The minimum atomic E-state index is -1.24. The van der Waals surface area contributed by atoms with E-state index in [1.807, 2.05) is 34.6 Å². The monoisotopic (exact) mass is 308 g/mol. The van der Waals surface area contributed by atoms with E-state index in [-0.39, 0.29) is 12.7 Å². The lowest BCUT2D eigenvalue weighted by molar-refractivity contribution is -0.418. The minimum Gasteiger partial charge on any atom is -0.370 e. The SMILES string of the molecule is CCOC(COC(OC)(OCC)C(CC)OCC)OCC.